The summed E-state index contributed by atoms with van der Waals surface area (Å²) >= 11 is 1.79. The second-order valence-electron chi connectivity index (χ2n) is 2.98. The normalized spacial score (nSPS) is 10.4. The van der Waals surface area contributed by atoms with Gasteiger partial charge in [-0.3, -0.25) is 0 Å². The van der Waals surface area contributed by atoms with Gasteiger partial charge in [0, 0.05) is 23.4 Å². The minimum atomic E-state index is 0.614. The number of anilines is 1. The van der Waals surface area contributed by atoms with Crippen LogP contribution in [0.25, 0.3) is 0 Å². The van der Waals surface area contributed by atoms with Gasteiger partial charge in [0.05, 0.1) is 0 Å². The van der Waals surface area contributed by atoms with Crippen LogP contribution >= 0.6 is 11.8 Å². The van der Waals surface area contributed by atoms with E-state index in [0.29, 0.717) is 5.82 Å². The molecule has 0 atom stereocenters. The van der Waals surface area contributed by atoms with E-state index in [4.69, 9.17) is 5.73 Å². The molecule has 0 spiro atoms. The van der Waals surface area contributed by atoms with Gasteiger partial charge in [0.1, 0.15) is 11.6 Å². The van der Waals surface area contributed by atoms with Crippen LogP contribution in [0.2, 0.25) is 0 Å². The zero-order valence-electron chi connectivity index (χ0n) is 8.29. The van der Waals surface area contributed by atoms with Gasteiger partial charge >= 0.3 is 0 Å². The molecule has 72 valence electrons. The molecule has 1 heterocycles. The van der Waals surface area contributed by atoms with E-state index in [1.807, 2.05) is 13.8 Å². The van der Waals surface area contributed by atoms with Gasteiger partial charge in [-0.05, 0) is 20.1 Å². The summed E-state index contributed by atoms with van der Waals surface area (Å²) in [7, 11) is 0. The molecule has 2 N–H and O–H groups in total. The Kier molecular flexibility index (Phi) is 3.54. The van der Waals surface area contributed by atoms with Gasteiger partial charge in [0.25, 0.3) is 0 Å². The first-order chi connectivity index (χ1) is 6.15. The maximum absolute atomic E-state index is 5.74. The van der Waals surface area contributed by atoms with Crippen LogP contribution in [0.15, 0.2) is 0 Å². The van der Waals surface area contributed by atoms with E-state index in [1.54, 1.807) is 11.8 Å². The molecule has 0 aliphatic heterocycles. The van der Waals surface area contributed by atoms with E-state index in [9.17, 15) is 0 Å². The first-order valence-electron chi connectivity index (χ1n) is 4.23. The molecule has 0 saturated heterocycles. The Morgan fingerprint density at radius 3 is 2.54 bits per heavy atom. The van der Waals surface area contributed by atoms with Crippen LogP contribution in [0.3, 0.4) is 0 Å². The monoisotopic (exact) mass is 197 g/mol. The highest BCUT2D eigenvalue weighted by Gasteiger charge is 2.04. The summed E-state index contributed by atoms with van der Waals surface area (Å²) in [5.41, 5.74) is 7.72. The van der Waals surface area contributed by atoms with Crippen molar-refractivity contribution in [3.63, 3.8) is 0 Å². The van der Waals surface area contributed by atoms with Crippen molar-refractivity contribution >= 4 is 17.6 Å². The molecule has 0 fully saturated rings. The third-order valence-corrected chi connectivity index (χ3v) is 2.62. The molecular formula is C9H15N3S. The molecule has 1 aromatic heterocycles. The average molecular weight is 197 g/mol. The van der Waals surface area contributed by atoms with Crippen LogP contribution in [-0.4, -0.2) is 22.0 Å². The number of nitrogen functional groups attached to an aromatic ring is 1. The predicted molar refractivity (Wildman–Crippen MR) is 58.0 cm³/mol. The molecule has 0 amide bonds. The Hall–Kier alpha value is -0.770. The summed E-state index contributed by atoms with van der Waals surface area (Å²) in [6.45, 7) is 3.92. The molecule has 0 bridgehead atoms. The second kappa shape index (κ2) is 4.46. The lowest BCUT2D eigenvalue weighted by Crippen LogP contribution is -2.05. The Morgan fingerprint density at radius 2 is 2.00 bits per heavy atom. The topological polar surface area (TPSA) is 51.8 Å². The van der Waals surface area contributed by atoms with Crippen molar-refractivity contribution in [3.8, 4) is 0 Å². The summed E-state index contributed by atoms with van der Waals surface area (Å²) in [5.74, 6) is 2.51. The molecule has 0 aromatic carbocycles. The van der Waals surface area contributed by atoms with Gasteiger partial charge in [-0.2, -0.15) is 11.8 Å². The maximum atomic E-state index is 5.74. The summed E-state index contributed by atoms with van der Waals surface area (Å²) in [6, 6.07) is 0. The van der Waals surface area contributed by atoms with Crippen LogP contribution in [0.4, 0.5) is 5.82 Å². The Morgan fingerprint density at radius 1 is 1.31 bits per heavy atom. The minimum absolute atomic E-state index is 0.614. The molecule has 13 heavy (non-hydrogen) atoms. The number of nitrogens with two attached hydrogens (primary N) is 1. The van der Waals surface area contributed by atoms with Crippen LogP contribution < -0.4 is 5.73 Å². The molecule has 0 aliphatic carbocycles. The van der Waals surface area contributed by atoms with Crippen molar-refractivity contribution in [1.82, 2.24) is 9.97 Å². The van der Waals surface area contributed by atoms with Crippen LogP contribution in [0.1, 0.15) is 17.1 Å². The van der Waals surface area contributed by atoms with Crippen molar-refractivity contribution in [3.05, 3.63) is 17.1 Å². The minimum Gasteiger partial charge on any atom is -0.383 e. The van der Waals surface area contributed by atoms with E-state index >= 15 is 0 Å². The van der Waals surface area contributed by atoms with E-state index in [2.05, 4.69) is 16.2 Å². The van der Waals surface area contributed by atoms with Gasteiger partial charge < -0.3 is 5.73 Å². The quantitative estimate of drug-likeness (QED) is 0.799. The van der Waals surface area contributed by atoms with Crippen LogP contribution in [-0.2, 0) is 6.42 Å². The van der Waals surface area contributed by atoms with Crippen molar-refractivity contribution < 1.29 is 0 Å². The largest absolute Gasteiger partial charge is 0.383 e. The summed E-state index contributed by atoms with van der Waals surface area (Å²) < 4.78 is 0. The van der Waals surface area contributed by atoms with Crippen LogP contribution in [0, 0.1) is 13.8 Å². The lowest BCUT2D eigenvalue weighted by atomic mass is 10.2. The number of thioether (sulfide) groups is 1. The smallest absolute Gasteiger partial charge is 0.131 e. The molecule has 1 aromatic rings. The number of aryl methyl sites for hydroxylation is 2. The van der Waals surface area contributed by atoms with Gasteiger partial charge in [-0.25, -0.2) is 9.97 Å². The Labute approximate surface area is 83.2 Å². The lowest BCUT2D eigenvalue weighted by molar-refractivity contribution is 0.918. The highest BCUT2D eigenvalue weighted by molar-refractivity contribution is 7.98. The zero-order valence-corrected chi connectivity index (χ0v) is 9.11. The maximum Gasteiger partial charge on any atom is 0.131 e. The molecule has 0 aliphatic rings. The molecule has 3 nitrogen and oxygen atoms in total. The average Bonchev–Trinajstić information content (AvgIpc) is 2.10. The highest BCUT2D eigenvalue weighted by Crippen LogP contribution is 2.11. The van der Waals surface area contributed by atoms with Crippen LogP contribution in [0.5, 0.6) is 0 Å². The molecule has 1 rings (SSSR count). The number of hydrogen-bond donors (Lipinski definition) is 1. The Balaban J connectivity index is 2.86. The lowest BCUT2D eigenvalue weighted by Gasteiger charge is -2.05. The van der Waals surface area contributed by atoms with E-state index < -0.39 is 0 Å². The third-order valence-electron chi connectivity index (χ3n) is 2.00. The molecule has 0 unspecified atom stereocenters. The van der Waals surface area contributed by atoms with Crippen molar-refractivity contribution in [2.45, 2.75) is 20.3 Å². The van der Waals surface area contributed by atoms with Gasteiger partial charge in [0.2, 0.25) is 0 Å². The number of nitrogens with zero attached hydrogens (tertiary/aromatic N) is 2. The fourth-order valence-corrected chi connectivity index (χ4v) is 1.40. The highest BCUT2D eigenvalue weighted by atomic mass is 32.2. The van der Waals surface area contributed by atoms with Gasteiger partial charge in [-0.1, -0.05) is 0 Å². The van der Waals surface area contributed by atoms with E-state index in [1.165, 1.54) is 0 Å². The number of hydrogen-bond acceptors (Lipinski definition) is 4. The third kappa shape index (κ3) is 2.59. The molecule has 0 radical (unpaired) electrons. The predicted octanol–water partition coefficient (Wildman–Crippen LogP) is 1.58. The summed E-state index contributed by atoms with van der Waals surface area (Å²) in [6.07, 6.45) is 2.97. The fraction of sp³-hybridized carbons (Fsp3) is 0.556. The standard InChI is InChI=1S/C9H15N3S/c1-6-7(2)11-8(4-5-13-3)12-9(6)10/h4-5H2,1-3H3,(H2,10,11,12). The number of rotatable bonds is 3. The number of aromatic nitrogens is 2. The van der Waals surface area contributed by atoms with Gasteiger partial charge in [0.15, 0.2) is 0 Å². The second-order valence-corrected chi connectivity index (χ2v) is 3.96. The molecular weight excluding hydrogens is 182 g/mol. The Bertz CT molecular complexity index is 276. The zero-order chi connectivity index (χ0) is 9.84. The van der Waals surface area contributed by atoms with Crippen molar-refractivity contribution in [2.75, 3.05) is 17.7 Å². The first-order valence-corrected chi connectivity index (χ1v) is 5.63. The fourth-order valence-electron chi connectivity index (χ4n) is 1.02. The van der Waals surface area contributed by atoms with Gasteiger partial charge in [-0.15, -0.1) is 0 Å². The van der Waals surface area contributed by atoms with Crippen molar-refractivity contribution in [1.29, 1.82) is 0 Å². The van der Waals surface area contributed by atoms with Crippen molar-refractivity contribution in [2.24, 2.45) is 0 Å². The molecule has 0 saturated carbocycles. The summed E-state index contributed by atoms with van der Waals surface area (Å²) in [4.78, 5) is 8.59. The SMILES string of the molecule is CSCCc1nc(C)c(C)c(N)n1. The summed E-state index contributed by atoms with van der Waals surface area (Å²) in [5, 5.41) is 0. The molecule has 4 heteroatoms. The van der Waals surface area contributed by atoms with E-state index in [0.717, 1.165) is 29.3 Å². The van der Waals surface area contributed by atoms with E-state index in [-0.39, 0.29) is 0 Å². The first kappa shape index (κ1) is 10.3.